The van der Waals surface area contributed by atoms with Gasteiger partial charge in [-0.05, 0) is 25.0 Å². The molecule has 2 N–H and O–H groups in total. The van der Waals surface area contributed by atoms with Gasteiger partial charge in [-0.25, -0.2) is 4.98 Å². The average molecular weight is 399 g/mol. The van der Waals surface area contributed by atoms with Gasteiger partial charge in [0.15, 0.2) is 0 Å². The van der Waals surface area contributed by atoms with Crippen LogP contribution in [0.25, 0.3) is 11.0 Å². The molecule has 0 bridgehead atoms. The third-order valence-corrected chi connectivity index (χ3v) is 5.34. The quantitative estimate of drug-likeness (QED) is 0.509. The lowest BCUT2D eigenvalue weighted by molar-refractivity contribution is 0.782. The number of hydrogen-bond acceptors (Lipinski definition) is 5. The summed E-state index contributed by atoms with van der Waals surface area (Å²) in [5.74, 6) is 0.139. The maximum absolute atomic E-state index is 6.14. The molecule has 5 nitrogen and oxygen atoms in total. The van der Waals surface area contributed by atoms with Gasteiger partial charge in [-0.15, -0.1) is 12.6 Å². The summed E-state index contributed by atoms with van der Waals surface area (Å²) in [6.07, 6.45) is 3.71. The summed E-state index contributed by atoms with van der Waals surface area (Å²) in [5, 5.41) is 1.00. The Balaban J connectivity index is 2.14. The van der Waals surface area contributed by atoms with Gasteiger partial charge in [0, 0.05) is 21.8 Å². The third-order valence-electron chi connectivity index (χ3n) is 3.51. The number of pyridine rings is 1. The van der Waals surface area contributed by atoms with Gasteiger partial charge in [0.05, 0.1) is 17.6 Å². The fraction of sp³-hybridized carbons (Fsp3) is 0.214. The molecule has 3 aromatic rings. The standard InChI is InChI=1S/C14H13BrClN5S/c1-6-3-18-8(7(2)11(6)15)4-21-5-9(22)10-12(16)19-14(17)20-13(10)21/h3,5,22H,4H2,1-2H3,(H2,17,19,20). The van der Waals surface area contributed by atoms with Crippen molar-refractivity contribution in [1.82, 2.24) is 19.5 Å². The number of thiol groups is 1. The van der Waals surface area contributed by atoms with Crippen LogP contribution in [0, 0.1) is 13.8 Å². The predicted molar refractivity (Wildman–Crippen MR) is 94.7 cm³/mol. The van der Waals surface area contributed by atoms with E-state index in [4.69, 9.17) is 17.3 Å². The number of aryl methyl sites for hydroxylation is 1. The molecule has 114 valence electrons. The zero-order valence-corrected chi connectivity index (χ0v) is 15.2. The Morgan fingerprint density at radius 2 is 2.09 bits per heavy atom. The Labute approximate surface area is 146 Å². The van der Waals surface area contributed by atoms with Crippen LogP contribution in [0.3, 0.4) is 0 Å². The van der Waals surface area contributed by atoms with Crippen LogP contribution in [0.15, 0.2) is 21.8 Å². The number of aromatic nitrogens is 4. The second kappa shape index (κ2) is 5.72. The Bertz CT molecular complexity index is 893. The molecular weight excluding hydrogens is 386 g/mol. The minimum atomic E-state index is 0.139. The molecule has 0 amide bonds. The Hall–Kier alpha value is -1.31. The lowest BCUT2D eigenvalue weighted by Gasteiger charge is -2.10. The largest absolute Gasteiger partial charge is 0.368 e. The molecule has 0 radical (unpaired) electrons. The van der Waals surface area contributed by atoms with Gasteiger partial charge >= 0.3 is 0 Å². The van der Waals surface area contributed by atoms with Gasteiger partial charge in [0.25, 0.3) is 0 Å². The first-order valence-corrected chi connectivity index (χ1v) is 8.11. The van der Waals surface area contributed by atoms with E-state index >= 15 is 0 Å². The number of nitrogens with two attached hydrogens (primary N) is 1. The molecule has 0 atom stereocenters. The van der Waals surface area contributed by atoms with Crippen LogP contribution < -0.4 is 5.73 Å². The van der Waals surface area contributed by atoms with Crippen molar-refractivity contribution in [2.75, 3.05) is 5.73 Å². The number of halogens is 2. The second-order valence-electron chi connectivity index (χ2n) is 5.04. The molecule has 0 saturated heterocycles. The monoisotopic (exact) mass is 397 g/mol. The highest BCUT2D eigenvalue weighted by Gasteiger charge is 2.15. The molecule has 0 unspecified atom stereocenters. The molecule has 0 spiro atoms. The van der Waals surface area contributed by atoms with E-state index in [1.807, 2.05) is 30.8 Å². The highest BCUT2D eigenvalue weighted by molar-refractivity contribution is 9.10. The van der Waals surface area contributed by atoms with E-state index < -0.39 is 0 Å². The van der Waals surface area contributed by atoms with Crippen molar-refractivity contribution in [2.45, 2.75) is 25.3 Å². The molecule has 8 heteroatoms. The molecular formula is C14H13BrClN5S. The zero-order chi connectivity index (χ0) is 16.0. The summed E-state index contributed by atoms with van der Waals surface area (Å²) in [4.78, 5) is 13.5. The van der Waals surface area contributed by atoms with Crippen molar-refractivity contribution in [1.29, 1.82) is 0 Å². The van der Waals surface area contributed by atoms with Gasteiger partial charge in [0.1, 0.15) is 10.8 Å². The number of anilines is 1. The summed E-state index contributed by atoms with van der Waals surface area (Å²) >= 11 is 14.2. The number of nitrogens with zero attached hydrogens (tertiary/aromatic N) is 4. The molecule has 0 fully saturated rings. The van der Waals surface area contributed by atoms with Crippen molar-refractivity contribution in [2.24, 2.45) is 0 Å². The number of fused-ring (bicyclic) bond motifs is 1. The number of rotatable bonds is 2. The molecule has 3 aromatic heterocycles. The van der Waals surface area contributed by atoms with Crippen molar-refractivity contribution < 1.29 is 0 Å². The van der Waals surface area contributed by atoms with Crippen LogP contribution in [-0.2, 0) is 6.54 Å². The number of nitrogen functional groups attached to an aromatic ring is 1. The normalized spacial score (nSPS) is 11.3. The first-order valence-electron chi connectivity index (χ1n) is 6.50. The molecule has 22 heavy (non-hydrogen) atoms. The summed E-state index contributed by atoms with van der Waals surface area (Å²) < 4.78 is 2.99. The first-order chi connectivity index (χ1) is 10.4. The molecule has 3 heterocycles. The van der Waals surface area contributed by atoms with Crippen LogP contribution in [0.4, 0.5) is 5.95 Å². The lowest BCUT2D eigenvalue weighted by atomic mass is 10.1. The van der Waals surface area contributed by atoms with Crippen LogP contribution in [0.1, 0.15) is 16.8 Å². The second-order valence-corrected chi connectivity index (χ2v) is 6.67. The maximum Gasteiger partial charge on any atom is 0.223 e. The van der Waals surface area contributed by atoms with Crippen LogP contribution in [0.2, 0.25) is 5.15 Å². The van der Waals surface area contributed by atoms with Crippen molar-refractivity contribution >= 4 is 57.1 Å². The molecule has 0 aliphatic carbocycles. The molecule has 3 rings (SSSR count). The van der Waals surface area contributed by atoms with Gasteiger partial charge in [-0.3, -0.25) is 4.98 Å². The minimum absolute atomic E-state index is 0.139. The highest BCUT2D eigenvalue weighted by atomic mass is 79.9. The van der Waals surface area contributed by atoms with Gasteiger partial charge in [-0.2, -0.15) is 4.98 Å². The maximum atomic E-state index is 6.14. The summed E-state index contributed by atoms with van der Waals surface area (Å²) in [5.41, 5.74) is 9.49. The van der Waals surface area contributed by atoms with Crippen molar-refractivity contribution in [3.63, 3.8) is 0 Å². The fourth-order valence-corrected chi connectivity index (χ4v) is 3.35. The van der Waals surface area contributed by atoms with Crippen LogP contribution >= 0.6 is 40.2 Å². The van der Waals surface area contributed by atoms with E-state index in [0.29, 0.717) is 27.6 Å². The van der Waals surface area contributed by atoms with Gasteiger partial charge in [-0.1, -0.05) is 27.5 Å². The van der Waals surface area contributed by atoms with Crippen molar-refractivity contribution in [3.05, 3.63) is 38.8 Å². The van der Waals surface area contributed by atoms with Gasteiger partial charge in [0.2, 0.25) is 5.95 Å². The van der Waals surface area contributed by atoms with Gasteiger partial charge < -0.3 is 10.3 Å². The highest BCUT2D eigenvalue weighted by Crippen LogP contribution is 2.30. The summed E-state index contributed by atoms with van der Waals surface area (Å²) in [6, 6.07) is 0. The van der Waals surface area contributed by atoms with E-state index in [1.54, 1.807) is 0 Å². The predicted octanol–water partition coefficient (Wildman–Crippen LogP) is 3.78. The Morgan fingerprint density at radius 1 is 1.36 bits per heavy atom. The fourth-order valence-electron chi connectivity index (χ4n) is 2.33. The van der Waals surface area contributed by atoms with Crippen LogP contribution in [-0.4, -0.2) is 19.5 Å². The summed E-state index contributed by atoms with van der Waals surface area (Å²) in [6.45, 7) is 4.59. The first kappa shape index (κ1) is 15.6. The van der Waals surface area contributed by atoms with E-state index in [-0.39, 0.29) is 5.95 Å². The van der Waals surface area contributed by atoms with E-state index in [9.17, 15) is 0 Å². The Kier molecular flexibility index (Phi) is 4.05. The third kappa shape index (κ3) is 2.57. The van der Waals surface area contributed by atoms with E-state index in [1.165, 1.54) is 0 Å². The number of hydrogen-bond donors (Lipinski definition) is 2. The SMILES string of the molecule is Cc1cnc(Cn2cc(S)c3c(Cl)nc(N)nc32)c(C)c1Br. The van der Waals surface area contributed by atoms with Crippen molar-refractivity contribution in [3.8, 4) is 0 Å². The minimum Gasteiger partial charge on any atom is -0.368 e. The molecule has 0 saturated carbocycles. The topological polar surface area (TPSA) is 69.6 Å². The summed E-state index contributed by atoms with van der Waals surface area (Å²) in [7, 11) is 0. The Morgan fingerprint density at radius 3 is 2.82 bits per heavy atom. The van der Waals surface area contributed by atoms with E-state index in [2.05, 4.69) is 43.5 Å². The van der Waals surface area contributed by atoms with E-state index in [0.717, 1.165) is 21.3 Å². The average Bonchev–Trinajstić information content (AvgIpc) is 2.76. The smallest absolute Gasteiger partial charge is 0.223 e. The molecule has 0 aliphatic rings. The lowest BCUT2D eigenvalue weighted by Crippen LogP contribution is -2.06. The molecule has 0 aliphatic heterocycles. The van der Waals surface area contributed by atoms with Crippen LogP contribution in [0.5, 0.6) is 0 Å². The molecule has 0 aromatic carbocycles. The zero-order valence-electron chi connectivity index (χ0n) is 11.9.